The van der Waals surface area contributed by atoms with Crippen molar-refractivity contribution in [3.63, 3.8) is 0 Å². The molecule has 6 heteroatoms. The number of benzene rings is 1. The fourth-order valence-electron chi connectivity index (χ4n) is 1.44. The molecule has 0 aliphatic heterocycles. The average molecular weight is 315 g/mol. The van der Waals surface area contributed by atoms with Gasteiger partial charge in [0.15, 0.2) is 3.92 Å². The molecule has 3 aromatic rings. The summed E-state index contributed by atoms with van der Waals surface area (Å²) in [6, 6.07) is 7.61. The minimum atomic E-state index is 0.727. The van der Waals surface area contributed by atoms with Crippen LogP contribution in [0.3, 0.4) is 0 Å². The Hall–Kier alpha value is -0.910. The Kier molecular flexibility index (Phi) is 2.46. The van der Waals surface area contributed by atoms with E-state index in [0.29, 0.717) is 0 Å². The maximum Gasteiger partial charge on any atom is 0.213 e. The SMILES string of the molecule is Clc1ccc(-c2cn3nc(Br)sc3n2)cc1. The molecule has 2 aromatic heterocycles. The van der Waals surface area contributed by atoms with E-state index in [0.717, 1.165) is 25.2 Å². The molecule has 0 bridgehead atoms. The molecule has 0 aliphatic carbocycles. The van der Waals surface area contributed by atoms with E-state index in [4.69, 9.17) is 11.6 Å². The van der Waals surface area contributed by atoms with Crippen LogP contribution < -0.4 is 0 Å². The first-order chi connectivity index (χ1) is 7.72. The van der Waals surface area contributed by atoms with Crippen molar-refractivity contribution in [2.24, 2.45) is 0 Å². The normalized spacial score (nSPS) is 11.1. The van der Waals surface area contributed by atoms with E-state index in [1.54, 1.807) is 4.52 Å². The van der Waals surface area contributed by atoms with Crippen LogP contribution >= 0.6 is 38.9 Å². The van der Waals surface area contributed by atoms with E-state index < -0.39 is 0 Å². The maximum atomic E-state index is 5.84. The second kappa shape index (κ2) is 3.84. The molecule has 0 amide bonds. The van der Waals surface area contributed by atoms with Gasteiger partial charge >= 0.3 is 0 Å². The smallest absolute Gasteiger partial charge is 0.213 e. The van der Waals surface area contributed by atoms with Crippen molar-refractivity contribution in [3.8, 4) is 11.3 Å². The molecule has 3 rings (SSSR count). The van der Waals surface area contributed by atoms with Crippen LogP contribution in [0, 0.1) is 0 Å². The lowest BCUT2D eigenvalue weighted by atomic mass is 10.2. The Labute approximate surface area is 109 Å². The lowest BCUT2D eigenvalue weighted by Crippen LogP contribution is -1.78. The summed E-state index contributed by atoms with van der Waals surface area (Å²) in [5, 5.41) is 4.97. The van der Waals surface area contributed by atoms with Crippen molar-refractivity contribution in [3.05, 3.63) is 39.4 Å². The zero-order chi connectivity index (χ0) is 11.1. The van der Waals surface area contributed by atoms with Gasteiger partial charge in [0.1, 0.15) is 0 Å². The molecule has 0 aliphatic rings. The van der Waals surface area contributed by atoms with Gasteiger partial charge in [0.05, 0.1) is 11.9 Å². The minimum absolute atomic E-state index is 0.727. The van der Waals surface area contributed by atoms with Crippen LogP contribution in [0.1, 0.15) is 0 Å². The first kappa shape index (κ1) is 10.3. The highest BCUT2D eigenvalue weighted by molar-refractivity contribution is 9.11. The standard InChI is InChI=1S/C10H5BrClN3S/c11-9-14-15-5-8(13-10(15)16-9)6-1-3-7(12)4-2-6/h1-5H. The number of hydrogen-bond acceptors (Lipinski definition) is 3. The van der Waals surface area contributed by atoms with Crippen LogP contribution in [0.25, 0.3) is 16.2 Å². The van der Waals surface area contributed by atoms with Crippen LogP contribution in [-0.4, -0.2) is 14.6 Å². The van der Waals surface area contributed by atoms with Gasteiger partial charge in [-0.1, -0.05) is 35.1 Å². The fourth-order valence-corrected chi connectivity index (χ4v) is 2.78. The van der Waals surface area contributed by atoms with Crippen molar-refractivity contribution in [2.75, 3.05) is 0 Å². The van der Waals surface area contributed by atoms with E-state index in [9.17, 15) is 0 Å². The quantitative estimate of drug-likeness (QED) is 0.682. The molecule has 0 spiro atoms. The molecular formula is C10H5BrClN3S. The van der Waals surface area contributed by atoms with Crippen LogP contribution in [0.15, 0.2) is 34.4 Å². The Morgan fingerprint density at radius 3 is 2.69 bits per heavy atom. The number of nitrogens with zero attached hydrogens (tertiary/aromatic N) is 3. The number of imidazole rings is 1. The van der Waals surface area contributed by atoms with Crippen molar-refractivity contribution in [2.45, 2.75) is 0 Å². The molecule has 2 heterocycles. The van der Waals surface area contributed by atoms with Gasteiger partial charge in [-0.3, -0.25) is 0 Å². The number of fused-ring (bicyclic) bond motifs is 1. The molecular weight excluding hydrogens is 310 g/mol. The van der Waals surface area contributed by atoms with Crippen LogP contribution in [-0.2, 0) is 0 Å². The average Bonchev–Trinajstić information content (AvgIpc) is 2.75. The third-order valence-corrected chi connectivity index (χ3v) is 3.77. The molecule has 0 saturated heterocycles. The van der Waals surface area contributed by atoms with Gasteiger partial charge < -0.3 is 0 Å². The summed E-state index contributed by atoms with van der Waals surface area (Å²) in [7, 11) is 0. The summed E-state index contributed by atoms with van der Waals surface area (Å²) >= 11 is 10.7. The first-order valence-electron chi connectivity index (χ1n) is 4.50. The van der Waals surface area contributed by atoms with Gasteiger partial charge in [-0.2, -0.15) is 0 Å². The summed E-state index contributed by atoms with van der Waals surface area (Å²) in [6.45, 7) is 0. The molecule has 0 N–H and O–H groups in total. The van der Waals surface area contributed by atoms with Crippen molar-refractivity contribution in [1.29, 1.82) is 0 Å². The van der Waals surface area contributed by atoms with Gasteiger partial charge in [0, 0.05) is 10.6 Å². The summed E-state index contributed by atoms with van der Waals surface area (Å²) < 4.78 is 2.59. The van der Waals surface area contributed by atoms with Crippen molar-refractivity contribution < 1.29 is 0 Å². The number of hydrogen-bond donors (Lipinski definition) is 0. The van der Waals surface area contributed by atoms with Crippen LogP contribution in [0.2, 0.25) is 5.02 Å². The van der Waals surface area contributed by atoms with Gasteiger partial charge in [-0.25, -0.2) is 9.50 Å². The van der Waals surface area contributed by atoms with Gasteiger partial charge in [0.2, 0.25) is 4.96 Å². The molecule has 3 nitrogen and oxygen atoms in total. The highest BCUT2D eigenvalue weighted by Gasteiger charge is 2.07. The minimum Gasteiger partial charge on any atom is -0.217 e. The molecule has 0 fully saturated rings. The maximum absolute atomic E-state index is 5.84. The second-order valence-corrected chi connectivity index (χ2v) is 5.88. The third-order valence-electron chi connectivity index (χ3n) is 2.16. The van der Waals surface area contributed by atoms with Crippen molar-refractivity contribution in [1.82, 2.24) is 14.6 Å². The molecule has 0 saturated carbocycles. The second-order valence-electron chi connectivity index (χ2n) is 3.22. The highest BCUT2D eigenvalue weighted by Crippen LogP contribution is 2.25. The molecule has 16 heavy (non-hydrogen) atoms. The summed E-state index contributed by atoms with van der Waals surface area (Å²) in [6.07, 6.45) is 1.90. The van der Waals surface area contributed by atoms with Gasteiger partial charge in [-0.15, -0.1) is 5.10 Å². The van der Waals surface area contributed by atoms with Crippen LogP contribution in [0.5, 0.6) is 0 Å². The van der Waals surface area contributed by atoms with E-state index in [-0.39, 0.29) is 0 Å². The molecule has 0 radical (unpaired) electrons. The Morgan fingerprint density at radius 2 is 2.00 bits per heavy atom. The predicted octanol–water partition coefficient (Wildman–Crippen LogP) is 3.87. The first-order valence-corrected chi connectivity index (χ1v) is 6.49. The van der Waals surface area contributed by atoms with Gasteiger partial charge in [-0.05, 0) is 28.1 Å². The van der Waals surface area contributed by atoms with E-state index in [2.05, 4.69) is 26.0 Å². The Balaban J connectivity index is 2.11. The van der Waals surface area contributed by atoms with Crippen molar-refractivity contribution >= 4 is 43.8 Å². The number of halogens is 2. The zero-order valence-electron chi connectivity index (χ0n) is 7.89. The Bertz CT molecular complexity index is 612. The molecule has 80 valence electrons. The third kappa shape index (κ3) is 1.75. The van der Waals surface area contributed by atoms with E-state index >= 15 is 0 Å². The van der Waals surface area contributed by atoms with Crippen LogP contribution in [0.4, 0.5) is 0 Å². The van der Waals surface area contributed by atoms with Gasteiger partial charge in [0.25, 0.3) is 0 Å². The highest BCUT2D eigenvalue weighted by atomic mass is 79.9. The van der Waals surface area contributed by atoms with E-state index in [1.165, 1.54) is 11.3 Å². The zero-order valence-corrected chi connectivity index (χ0v) is 11.1. The molecule has 1 aromatic carbocycles. The largest absolute Gasteiger partial charge is 0.217 e. The number of aromatic nitrogens is 3. The monoisotopic (exact) mass is 313 g/mol. The molecule has 0 atom stereocenters. The number of rotatable bonds is 1. The summed E-state index contributed by atoms with van der Waals surface area (Å²) in [5.41, 5.74) is 1.95. The topological polar surface area (TPSA) is 30.2 Å². The lowest BCUT2D eigenvalue weighted by molar-refractivity contribution is 0.959. The predicted molar refractivity (Wildman–Crippen MR) is 69.0 cm³/mol. The lowest BCUT2D eigenvalue weighted by Gasteiger charge is -1.95. The van der Waals surface area contributed by atoms with E-state index in [1.807, 2.05) is 30.5 Å². The molecule has 0 unspecified atom stereocenters. The Morgan fingerprint density at radius 1 is 1.25 bits per heavy atom. The summed E-state index contributed by atoms with van der Waals surface area (Å²) in [4.78, 5) is 5.35. The fraction of sp³-hybridized carbons (Fsp3) is 0. The summed E-state index contributed by atoms with van der Waals surface area (Å²) in [5.74, 6) is 0.